The lowest BCUT2D eigenvalue weighted by Gasteiger charge is -2.18. The second-order valence-electron chi connectivity index (χ2n) is 3.71. The Labute approximate surface area is 70.7 Å². The maximum Gasteiger partial charge on any atom is -0.0208 e. The lowest BCUT2D eigenvalue weighted by Crippen LogP contribution is -2.06. The van der Waals surface area contributed by atoms with E-state index < -0.39 is 0 Å². The molecule has 0 bridgehead atoms. The SMILES string of the molecule is [CH2]C(C)C1/C=C\CCCCC1. The molecule has 0 saturated heterocycles. The zero-order chi connectivity index (χ0) is 8.10. The Morgan fingerprint density at radius 2 is 2.18 bits per heavy atom. The van der Waals surface area contributed by atoms with Crippen molar-refractivity contribution in [1.29, 1.82) is 0 Å². The van der Waals surface area contributed by atoms with Gasteiger partial charge in [-0.1, -0.05) is 31.9 Å². The van der Waals surface area contributed by atoms with Crippen LogP contribution in [0.25, 0.3) is 0 Å². The van der Waals surface area contributed by atoms with E-state index in [1.165, 1.54) is 32.1 Å². The molecular weight excluding hydrogens is 132 g/mol. The highest BCUT2D eigenvalue weighted by Crippen LogP contribution is 2.22. The van der Waals surface area contributed by atoms with Crippen LogP contribution in [0.3, 0.4) is 0 Å². The van der Waals surface area contributed by atoms with Gasteiger partial charge < -0.3 is 0 Å². The summed E-state index contributed by atoms with van der Waals surface area (Å²) in [4.78, 5) is 0. The minimum absolute atomic E-state index is 0.587. The lowest BCUT2D eigenvalue weighted by molar-refractivity contribution is 0.438. The Morgan fingerprint density at radius 3 is 2.91 bits per heavy atom. The van der Waals surface area contributed by atoms with Crippen molar-refractivity contribution >= 4 is 0 Å². The Balaban J connectivity index is 2.42. The van der Waals surface area contributed by atoms with E-state index in [-0.39, 0.29) is 0 Å². The summed E-state index contributed by atoms with van der Waals surface area (Å²) in [6, 6.07) is 0. The second kappa shape index (κ2) is 4.58. The molecule has 0 aromatic heterocycles. The van der Waals surface area contributed by atoms with Gasteiger partial charge in [0.25, 0.3) is 0 Å². The predicted octanol–water partition coefficient (Wildman–Crippen LogP) is 3.59. The molecule has 0 amide bonds. The minimum Gasteiger partial charge on any atom is -0.0882 e. The van der Waals surface area contributed by atoms with Crippen LogP contribution in [0.4, 0.5) is 0 Å². The topological polar surface area (TPSA) is 0 Å². The first kappa shape index (κ1) is 8.83. The van der Waals surface area contributed by atoms with Crippen molar-refractivity contribution in [3.8, 4) is 0 Å². The lowest BCUT2D eigenvalue weighted by atomic mass is 9.88. The maximum absolute atomic E-state index is 4.08. The molecule has 0 aromatic carbocycles. The van der Waals surface area contributed by atoms with Crippen molar-refractivity contribution in [2.75, 3.05) is 0 Å². The summed E-state index contributed by atoms with van der Waals surface area (Å²) < 4.78 is 0. The Morgan fingerprint density at radius 1 is 1.36 bits per heavy atom. The van der Waals surface area contributed by atoms with Crippen LogP contribution in [-0.4, -0.2) is 0 Å². The molecule has 0 spiro atoms. The van der Waals surface area contributed by atoms with Crippen LogP contribution in [-0.2, 0) is 0 Å². The number of hydrogen-bond acceptors (Lipinski definition) is 0. The summed E-state index contributed by atoms with van der Waals surface area (Å²) in [5.41, 5.74) is 0. The van der Waals surface area contributed by atoms with Gasteiger partial charge in [-0.05, 0) is 38.0 Å². The quantitative estimate of drug-likeness (QED) is 0.502. The van der Waals surface area contributed by atoms with Crippen molar-refractivity contribution in [1.82, 2.24) is 0 Å². The van der Waals surface area contributed by atoms with Crippen molar-refractivity contribution < 1.29 is 0 Å². The summed E-state index contributed by atoms with van der Waals surface area (Å²) >= 11 is 0. The first-order valence-electron chi connectivity index (χ1n) is 4.80. The number of rotatable bonds is 1. The van der Waals surface area contributed by atoms with Gasteiger partial charge in [0.2, 0.25) is 0 Å². The molecule has 11 heavy (non-hydrogen) atoms. The summed E-state index contributed by atoms with van der Waals surface area (Å²) in [5.74, 6) is 1.33. The molecule has 0 fully saturated rings. The first-order valence-corrected chi connectivity index (χ1v) is 4.80. The molecule has 2 atom stereocenters. The predicted molar refractivity (Wildman–Crippen MR) is 50.2 cm³/mol. The average Bonchev–Trinajstić information content (AvgIpc) is 1.84. The van der Waals surface area contributed by atoms with Crippen molar-refractivity contribution in [3.05, 3.63) is 19.1 Å². The molecule has 1 aliphatic rings. The van der Waals surface area contributed by atoms with Gasteiger partial charge in [0.15, 0.2) is 0 Å². The van der Waals surface area contributed by atoms with E-state index >= 15 is 0 Å². The largest absolute Gasteiger partial charge is 0.0882 e. The van der Waals surface area contributed by atoms with Gasteiger partial charge in [-0.25, -0.2) is 0 Å². The third-order valence-corrected chi connectivity index (χ3v) is 2.52. The fourth-order valence-electron chi connectivity index (χ4n) is 1.66. The standard InChI is InChI=1S/C11H19/c1-10(2)11-8-6-4-3-5-7-9-11/h6,8,10-11H,1,3-5,7,9H2,2H3/b8-6-. The monoisotopic (exact) mass is 151 g/mol. The van der Waals surface area contributed by atoms with Gasteiger partial charge in [0.1, 0.15) is 0 Å². The van der Waals surface area contributed by atoms with Gasteiger partial charge >= 0.3 is 0 Å². The fourth-order valence-corrected chi connectivity index (χ4v) is 1.66. The van der Waals surface area contributed by atoms with Crippen LogP contribution in [0.5, 0.6) is 0 Å². The zero-order valence-electron chi connectivity index (χ0n) is 7.55. The third-order valence-electron chi connectivity index (χ3n) is 2.52. The molecular formula is C11H19. The molecule has 0 heterocycles. The Bertz CT molecular complexity index is 122. The average molecular weight is 151 g/mol. The highest BCUT2D eigenvalue weighted by Gasteiger charge is 2.10. The molecule has 1 radical (unpaired) electrons. The van der Waals surface area contributed by atoms with Crippen LogP contribution in [0.15, 0.2) is 12.2 Å². The van der Waals surface area contributed by atoms with Crippen LogP contribution in [0, 0.1) is 18.8 Å². The molecule has 0 aromatic rings. The maximum atomic E-state index is 4.08. The molecule has 0 nitrogen and oxygen atoms in total. The summed E-state index contributed by atoms with van der Waals surface area (Å²) in [6.45, 7) is 6.30. The van der Waals surface area contributed by atoms with Crippen LogP contribution < -0.4 is 0 Å². The zero-order valence-corrected chi connectivity index (χ0v) is 7.55. The van der Waals surface area contributed by atoms with Gasteiger partial charge in [-0.2, -0.15) is 0 Å². The highest BCUT2D eigenvalue weighted by atomic mass is 14.2. The van der Waals surface area contributed by atoms with Crippen LogP contribution in [0.2, 0.25) is 0 Å². The molecule has 0 heteroatoms. The summed E-state index contributed by atoms with van der Waals surface area (Å²) in [6.07, 6.45) is 11.5. The fraction of sp³-hybridized carbons (Fsp3) is 0.727. The van der Waals surface area contributed by atoms with Crippen molar-refractivity contribution in [2.24, 2.45) is 11.8 Å². The van der Waals surface area contributed by atoms with E-state index in [4.69, 9.17) is 0 Å². The van der Waals surface area contributed by atoms with Crippen LogP contribution >= 0.6 is 0 Å². The van der Waals surface area contributed by atoms with E-state index in [9.17, 15) is 0 Å². The molecule has 0 N–H and O–H groups in total. The molecule has 0 saturated carbocycles. The number of allylic oxidation sites excluding steroid dienone is 2. The van der Waals surface area contributed by atoms with E-state index in [1.807, 2.05) is 0 Å². The van der Waals surface area contributed by atoms with Gasteiger partial charge in [-0.3, -0.25) is 0 Å². The molecule has 1 rings (SSSR count). The Hall–Kier alpha value is -0.260. The molecule has 63 valence electrons. The van der Waals surface area contributed by atoms with Gasteiger partial charge in [0.05, 0.1) is 0 Å². The molecule has 2 unspecified atom stereocenters. The second-order valence-corrected chi connectivity index (χ2v) is 3.71. The first-order chi connectivity index (χ1) is 5.30. The van der Waals surface area contributed by atoms with Gasteiger partial charge in [0, 0.05) is 0 Å². The van der Waals surface area contributed by atoms with Crippen LogP contribution in [0.1, 0.15) is 39.0 Å². The summed E-state index contributed by atoms with van der Waals surface area (Å²) in [5, 5.41) is 0. The Kier molecular flexibility index (Phi) is 3.68. The van der Waals surface area contributed by atoms with E-state index in [2.05, 4.69) is 26.0 Å². The minimum atomic E-state index is 0.587. The van der Waals surface area contributed by atoms with Crippen molar-refractivity contribution in [2.45, 2.75) is 39.0 Å². The third kappa shape index (κ3) is 3.09. The molecule has 0 aliphatic heterocycles. The number of hydrogen-bond donors (Lipinski definition) is 0. The van der Waals surface area contributed by atoms with E-state index in [0.717, 1.165) is 5.92 Å². The van der Waals surface area contributed by atoms with Crippen molar-refractivity contribution in [3.63, 3.8) is 0 Å². The smallest absolute Gasteiger partial charge is 0.0208 e. The highest BCUT2D eigenvalue weighted by molar-refractivity contribution is 4.92. The summed E-state index contributed by atoms with van der Waals surface area (Å²) in [7, 11) is 0. The van der Waals surface area contributed by atoms with Gasteiger partial charge in [-0.15, -0.1) is 0 Å². The molecule has 1 aliphatic carbocycles. The van der Waals surface area contributed by atoms with E-state index in [1.54, 1.807) is 0 Å². The normalized spacial score (nSPS) is 29.5. The van der Waals surface area contributed by atoms with E-state index in [0.29, 0.717) is 5.92 Å².